The van der Waals surface area contributed by atoms with Crippen LogP contribution in [0.25, 0.3) is 0 Å². The Bertz CT molecular complexity index is 183. The standard InChI is InChI=1S/C7H8NOS/c9-4-3-8-6-7-2-1-5-10-7/h1-2,5,8H,3,6H2. The van der Waals surface area contributed by atoms with Gasteiger partial charge in [0, 0.05) is 11.4 Å². The number of thiophene rings is 1. The molecule has 1 radical (unpaired) electrons. The molecule has 1 N–H and O–H groups in total. The molecule has 0 atom stereocenters. The summed E-state index contributed by atoms with van der Waals surface area (Å²) in [5.74, 6) is 0. The third-order valence-electron chi connectivity index (χ3n) is 1.08. The molecule has 0 aromatic carbocycles. The lowest BCUT2D eigenvalue weighted by Crippen LogP contribution is -2.14. The van der Waals surface area contributed by atoms with Crippen LogP contribution in [0.2, 0.25) is 0 Å². The average Bonchev–Trinajstić information content (AvgIpc) is 2.41. The van der Waals surface area contributed by atoms with Crippen LogP contribution in [0.4, 0.5) is 0 Å². The van der Waals surface area contributed by atoms with Gasteiger partial charge in [-0.25, -0.2) is 0 Å². The Kier molecular flexibility index (Phi) is 3.12. The van der Waals surface area contributed by atoms with E-state index in [0.29, 0.717) is 6.54 Å². The summed E-state index contributed by atoms with van der Waals surface area (Å²) in [6.07, 6.45) is 1.77. The SMILES string of the molecule is O=[C]CNCc1cccs1. The van der Waals surface area contributed by atoms with Gasteiger partial charge in [0.15, 0.2) is 0 Å². The molecular weight excluding hydrogens is 146 g/mol. The van der Waals surface area contributed by atoms with Crippen LogP contribution in [0.15, 0.2) is 17.5 Å². The minimum atomic E-state index is 0.317. The van der Waals surface area contributed by atoms with Crippen LogP contribution >= 0.6 is 11.3 Å². The molecule has 3 heteroatoms. The lowest BCUT2D eigenvalue weighted by Gasteiger charge is -1.93. The first-order valence-electron chi connectivity index (χ1n) is 3.01. The van der Waals surface area contributed by atoms with Crippen LogP contribution in [-0.4, -0.2) is 12.8 Å². The van der Waals surface area contributed by atoms with Gasteiger partial charge in [0.25, 0.3) is 0 Å². The second kappa shape index (κ2) is 4.19. The lowest BCUT2D eigenvalue weighted by molar-refractivity contribution is 0.548. The van der Waals surface area contributed by atoms with E-state index in [9.17, 15) is 4.79 Å². The predicted molar refractivity (Wildman–Crippen MR) is 41.7 cm³/mol. The second-order valence-corrected chi connectivity index (χ2v) is 2.86. The minimum absolute atomic E-state index is 0.317. The molecule has 1 aromatic heterocycles. The summed E-state index contributed by atoms with van der Waals surface area (Å²) in [6.45, 7) is 1.09. The number of hydrogen-bond donors (Lipinski definition) is 1. The molecule has 0 aliphatic carbocycles. The van der Waals surface area contributed by atoms with Crippen molar-refractivity contribution in [3.63, 3.8) is 0 Å². The van der Waals surface area contributed by atoms with Crippen molar-refractivity contribution < 1.29 is 4.79 Å². The highest BCUT2D eigenvalue weighted by Gasteiger charge is 1.90. The van der Waals surface area contributed by atoms with Gasteiger partial charge in [-0.1, -0.05) is 6.07 Å². The quantitative estimate of drug-likeness (QED) is 0.654. The lowest BCUT2D eigenvalue weighted by atomic mass is 10.4. The van der Waals surface area contributed by atoms with E-state index in [4.69, 9.17) is 0 Å². The summed E-state index contributed by atoms with van der Waals surface area (Å²) in [7, 11) is 0. The van der Waals surface area contributed by atoms with E-state index in [1.54, 1.807) is 17.6 Å². The summed E-state index contributed by atoms with van der Waals surface area (Å²) in [6, 6.07) is 4.02. The fourth-order valence-corrected chi connectivity index (χ4v) is 1.32. The Morgan fingerprint density at radius 3 is 3.20 bits per heavy atom. The highest BCUT2D eigenvalue weighted by molar-refractivity contribution is 7.09. The van der Waals surface area contributed by atoms with Crippen molar-refractivity contribution in [1.29, 1.82) is 0 Å². The molecule has 53 valence electrons. The fraction of sp³-hybridized carbons (Fsp3) is 0.286. The van der Waals surface area contributed by atoms with E-state index in [1.807, 2.05) is 17.5 Å². The molecule has 1 rings (SSSR count). The first-order valence-corrected chi connectivity index (χ1v) is 3.89. The number of nitrogens with one attached hydrogen (secondary N) is 1. The first-order chi connectivity index (χ1) is 4.93. The zero-order valence-corrected chi connectivity index (χ0v) is 6.28. The van der Waals surface area contributed by atoms with Gasteiger partial charge < -0.3 is 5.32 Å². The van der Waals surface area contributed by atoms with E-state index in [-0.39, 0.29) is 0 Å². The maximum atomic E-state index is 9.75. The van der Waals surface area contributed by atoms with Crippen LogP contribution in [0.1, 0.15) is 4.88 Å². The third kappa shape index (κ3) is 2.29. The van der Waals surface area contributed by atoms with Gasteiger partial charge in [-0.05, 0) is 11.4 Å². The van der Waals surface area contributed by atoms with Crippen LogP contribution in [-0.2, 0) is 11.3 Å². The highest BCUT2D eigenvalue weighted by Crippen LogP contribution is 2.06. The zero-order chi connectivity index (χ0) is 7.23. The molecule has 0 saturated carbocycles. The number of hydrogen-bond acceptors (Lipinski definition) is 3. The van der Waals surface area contributed by atoms with Crippen molar-refractivity contribution in [3.8, 4) is 0 Å². The molecular formula is C7H8NOS. The Labute approximate surface area is 63.9 Å². The molecule has 0 fully saturated rings. The number of rotatable bonds is 4. The summed E-state index contributed by atoms with van der Waals surface area (Å²) in [5, 5.41) is 4.94. The molecule has 0 aliphatic rings. The third-order valence-corrected chi connectivity index (χ3v) is 1.95. The molecule has 0 bridgehead atoms. The van der Waals surface area contributed by atoms with Gasteiger partial charge in [-0.2, -0.15) is 0 Å². The average molecular weight is 154 g/mol. The van der Waals surface area contributed by atoms with Crippen molar-refractivity contribution in [3.05, 3.63) is 22.4 Å². The fourth-order valence-electron chi connectivity index (χ4n) is 0.650. The predicted octanol–water partition coefficient (Wildman–Crippen LogP) is 0.947. The maximum Gasteiger partial charge on any atom is 0.213 e. The van der Waals surface area contributed by atoms with Gasteiger partial charge in [0.1, 0.15) is 0 Å². The molecule has 0 aliphatic heterocycles. The normalized spacial score (nSPS) is 9.60. The Morgan fingerprint density at radius 1 is 1.70 bits per heavy atom. The second-order valence-electron chi connectivity index (χ2n) is 1.83. The molecule has 2 nitrogen and oxygen atoms in total. The Hall–Kier alpha value is -0.670. The molecule has 1 aromatic rings. The van der Waals surface area contributed by atoms with Gasteiger partial charge in [0.05, 0.1) is 6.54 Å². The van der Waals surface area contributed by atoms with Crippen LogP contribution in [0.5, 0.6) is 0 Å². The van der Waals surface area contributed by atoms with E-state index >= 15 is 0 Å². The number of carbonyl (C=O) groups excluding carboxylic acids is 1. The summed E-state index contributed by atoms with van der Waals surface area (Å²) >= 11 is 1.68. The van der Waals surface area contributed by atoms with E-state index < -0.39 is 0 Å². The van der Waals surface area contributed by atoms with Crippen molar-refractivity contribution in [2.75, 3.05) is 6.54 Å². The Balaban J connectivity index is 2.21. The van der Waals surface area contributed by atoms with E-state index in [0.717, 1.165) is 6.54 Å². The largest absolute Gasteiger partial charge is 0.305 e. The molecule has 1 heterocycles. The molecule has 0 spiro atoms. The Morgan fingerprint density at radius 2 is 2.60 bits per heavy atom. The maximum absolute atomic E-state index is 9.75. The smallest absolute Gasteiger partial charge is 0.213 e. The first kappa shape index (κ1) is 7.44. The topological polar surface area (TPSA) is 29.1 Å². The minimum Gasteiger partial charge on any atom is -0.305 e. The van der Waals surface area contributed by atoms with E-state index in [1.165, 1.54) is 4.88 Å². The summed E-state index contributed by atoms with van der Waals surface area (Å²) in [4.78, 5) is 11.0. The van der Waals surface area contributed by atoms with Crippen LogP contribution in [0.3, 0.4) is 0 Å². The molecule has 0 saturated heterocycles. The van der Waals surface area contributed by atoms with Crippen LogP contribution in [0, 0.1) is 0 Å². The zero-order valence-electron chi connectivity index (χ0n) is 5.46. The van der Waals surface area contributed by atoms with Crippen molar-refractivity contribution in [1.82, 2.24) is 5.32 Å². The highest BCUT2D eigenvalue weighted by atomic mass is 32.1. The van der Waals surface area contributed by atoms with Crippen molar-refractivity contribution in [2.24, 2.45) is 0 Å². The van der Waals surface area contributed by atoms with Gasteiger partial charge in [-0.15, -0.1) is 11.3 Å². The molecule has 10 heavy (non-hydrogen) atoms. The van der Waals surface area contributed by atoms with Gasteiger partial charge in [-0.3, -0.25) is 4.79 Å². The van der Waals surface area contributed by atoms with Crippen molar-refractivity contribution in [2.45, 2.75) is 6.54 Å². The van der Waals surface area contributed by atoms with Crippen molar-refractivity contribution >= 4 is 17.6 Å². The monoisotopic (exact) mass is 154 g/mol. The molecule has 0 unspecified atom stereocenters. The van der Waals surface area contributed by atoms with Crippen LogP contribution < -0.4 is 5.32 Å². The van der Waals surface area contributed by atoms with Gasteiger partial charge >= 0.3 is 0 Å². The summed E-state index contributed by atoms with van der Waals surface area (Å²) in [5.41, 5.74) is 0. The van der Waals surface area contributed by atoms with Gasteiger partial charge in [0.2, 0.25) is 6.29 Å². The summed E-state index contributed by atoms with van der Waals surface area (Å²) < 4.78 is 0. The van der Waals surface area contributed by atoms with E-state index in [2.05, 4.69) is 5.32 Å². The molecule has 0 amide bonds.